The molecule has 0 aromatic heterocycles. The molecule has 0 N–H and O–H groups in total. The first-order valence-electron chi connectivity index (χ1n) is 12.3. The Bertz CT molecular complexity index is 1330. The minimum absolute atomic E-state index is 0.0686. The molecule has 37 heavy (non-hydrogen) atoms. The summed E-state index contributed by atoms with van der Waals surface area (Å²) in [5, 5.41) is 9.08. The average Bonchev–Trinajstić information content (AvgIpc) is 3.16. The molecule has 196 valence electrons. The summed E-state index contributed by atoms with van der Waals surface area (Å²) < 4.78 is 35.2. The van der Waals surface area contributed by atoms with E-state index in [1.54, 1.807) is 13.8 Å². The molecule has 2 aliphatic heterocycles. The summed E-state index contributed by atoms with van der Waals surface area (Å²) in [6, 6.07) is 8.92. The van der Waals surface area contributed by atoms with Gasteiger partial charge in [-0.2, -0.15) is 9.57 Å². The van der Waals surface area contributed by atoms with Crippen LogP contribution in [0.5, 0.6) is 0 Å². The normalized spacial score (nSPS) is 19.0. The van der Waals surface area contributed by atoms with Crippen LogP contribution in [0, 0.1) is 39.0 Å². The molecule has 9 nitrogen and oxygen atoms in total. The van der Waals surface area contributed by atoms with Crippen molar-refractivity contribution in [3.8, 4) is 6.07 Å². The van der Waals surface area contributed by atoms with Crippen molar-refractivity contribution in [1.82, 2.24) is 9.21 Å². The van der Waals surface area contributed by atoms with Crippen LogP contribution in [0.25, 0.3) is 0 Å². The number of rotatable bonds is 7. The number of nitriles is 1. The molecule has 2 heterocycles. The zero-order valence-electron chi connectivity index (χ0n) is 21.7. The number of carbonyl (C=O) groups excluding carboxylic acids is 2. The molecule has 2 amide bonds. The lowest BCUT2D eigenvalue weighted by molar-refractivity contribution is -0.122. The summed E-state index contributed by atoms with van der Waals surface area (Å²) in [4.78, 5) is 30.0. The molecule has 1 atom stereocenters. The fourth-order valence-corrected chi connectivity index (χ4v) is 7.14. The number of imide groups is 1. The number of carbonyl (C=O) groups is 2. The Kier molecular flexibility index (Phi) is 7.80. The van der Waals surface area contributed by atoms with E-state index in [2.05, 4.69) is 4.90 Å². The zero-order chi connectivity index (χ0) is 26.9. The predicted octanol–water partition coefficient (Wildman–Crippen LogP) is 2.45. The highest BCUT2D eigenvalue weighted by atomic mass is 32.2. The Labute approximate surface area is 218 Å². The summed E-state index contributed by atoms with van der Waals surface area (Å²) >= 11 is 0. The van der Waals surface area contributed by atoms with Crippen LogP contribution < -0.4 is 4.90 Å². The molecule has 0 saturated carbocycles. The highest BCUT2D eigenvalue weighted by Crippen LogP contribution is 2.33. The SMILES string of the molecule is Cc1cc(C)c(C)c(S(=O)(=O)N(CCN2CCOCC2)C2CC(=O)N(c3ccc(C#N)cc3)C2=O)c1C. The van der Waals surface area contributed by atoms with Gasteiger partial charge in [-0.3, -0.25) is 14.5 Å². The maximum Gasteiger partial charge on any atom is 0.252 e. The van der Waals surface area contributed by atoms with Gasteiger partial charge in [-0.15, -0.1) is 0 Å². The molecule has 0 radical (unpaired) electrons. The van der Waals surface area contributed by atoms with Crippen LogP contribution in [0.2, 0.25) is 0 Å². The van der Waals surface area contributed by atoms with E-state index in [0.29, 0.717) is 55.2 Å². The Hall–Kier alpha value is -3.10. The van der Waals surface area contributed by atoms with E-state index >= 15 is 0 Å². The van der Waals surface area contributed by atoms with Crippen molar-refractivity contribution in [2.24, 2.45) is 0 Å². The first kappa shape index (κ1) is 26.9. The Morgan fingerprint density at radius 1 is 1.03 bits per heavy atom. The van der Waals surface area contributed by atoms with Crippen molar-refractivity contribution in [3.05, 3.63) is 58.1 Å². The maximum atomic E-state index is 14.3. The van der Waals surface area contributed by atoms with Crippen molar-refractivity contribution < 1.29 is 22.7 Å². The van der Waals surface area contributed by atoms with Crippen LogP contribution >= 0.6 is 0 Å². The van der Waals surface area contributed by atoms with E-state index in [9.17, 15) is 18.0 Å². The molecule has 2 fully saturated rings. The quantitative estimate of drug-likeness (QED) is 0.512. The van der Waals surface area contributed by atoms with Crippen LogP contribution in [0.4, 0.5) is 5.69 Å². The topological polar surface area (TPSA) is 111 Å². The molecule has 2 aliphatic rings. The number of ether oxygens (including phenoxy) is 1. The molecule has 0 spiro atoms. The zero-order valence-corrected chi connectivity index (χ0v) is 22.5. The summed E-state index contributed by atoms with van der Waals surface area (Å²) in [5.74, 6) is -1.06. The van der Waals surface area contributed by atoms with Gasteiger partial charge < -0.3 is 4.74 Å². The predicted molar refractivity (Wildman–Crippen MR) is 139 cm³/mol. The largest absolute Gasteiger partial charge is 0.379 e. The smallest absolute Gasteiger partial charge is 0.252 e. The molecular formula is C27H32N4O5S. The van der Waals surface area contributed by atoms with Gasteiger partial charge in [0.1, 0.15) is 6.04 Å². The molecule has 2 aromatic rings. The number of anilines is 1. The minimum atomic E-state index is -4.13. The Balaban J connectivity index is 1.74. The highest BCUT2D eigenvalue weighted by Gasteiger charge is 2.47. The molecule has 1 unspecified atom stereocenters. The summed E-state index contributed by atoms with van der Waals surface area (Å²) in [7, 11) is -4.13. The molecule has 0 aliphatic carbocycles. The number of hydrogen-bond donors (Lipinski definition) is 0. The van der Waals surface area contributed by atoms with Gasteiger partial charge in [0.15, 0.2) is 0 Å². The lowest BCUT2D eigenvalue weighted by Crippen LogP contribution is -2.49. The summed E-state index contributed by atoms with van der Waals surface area (Å²) in [6.07, 6.45) is -0.246. The number of hydrogen-bond acceptors (Lipinski definition) is 7. The van der Waals surface area contributed by atoms with Gasteiger partial charge in [-0.25, -0.2) is 13.3 Å². The van der Waals surface area contributed by atoms with Crippen molar-refractivity contribution in [3.63, 3.8) is 0 Å². The second-order valence-electron chi connectivity index (χ2n) is 9.61. The van der Waals surface area contributed by atoms with E-state index in [0.717, 1.165) is 16.0 Å². The third-order valence-corrected chi connectivity index (χ3v) is 9.51. The van der Waals surface area contributed by atoms with E-state index in [-0.39, 0.29) is 17.9 Å². The van der Waals surface area contributed by atoms with Crippen LogP contribution in [0.3, 0.4) is 0 Å². The van der Waals surface area contributed by atoms with Crippen LogP contribution in [-0.2, 0) is 24.3 Å². The number of nitrogens with zero attached hydrogens (tertiary/aromatic N) is 4. The van der Waals surface area contributed by atoms with Crippen molar-refractivity contribution in [2.75, 3.05) is 44.3 Å². The fraction of sp³-hybridized carbons (Fsp3) is 0.444. The lowest BCUT2D eigenvalue weighted by atomic mass is 10.0. The fourth-order valence-electron chi connectivity index (χ4n) is 4.99. The number of morpholine rings is 1. The number of amides is 2. The molecular weight excluding hydrogens is 492 g/mol. The second-order valence-corrected chi connectivity index (χ2v) is 11.4. The molecule has 0 bridgehead atoms. The Morgan fingerprint density at radius 3 is 2.19 bits per heavy atom. The Morgan fingerprint density at radius 2 is 1.62 bits per heavy atom. The lowest BCUT2D eigenvalue weighted by Gasteiger charge is -2.32. The van der Waals surface area contributed by atoms with Crippen molar-refractivity contribution in [2.45, 2.75) is 45.1 Å². The van der Waals surface area contributed by atoms with Gasteiger partial charge in [0.25, 0.3) is 5.91 Å². The van der Waals surface area contributed by atoms with E-state index in [1.165, 1.54) is 28.6 Å². The van der Waals surface area contributed by atoms with Gasteiger partial charge in [0.2, 0.25) is 15.9 Å². The van der Waals surface area contributed by atoms with Gasteiger partial charge in [-0.05, 0) is 74.2 Å². The standard InChI is InChI=1S/C27H32N4O5S/c1-18-15-19(2)21(4)26(20(18)3)37(34,35)30(10-9-29-11-13-36-14-12-29)24-16-25(32)31(27(24)33)23-7-5-22(17-28)6-8-23/h5-8,15,24H,9-14,16H2,1-4H3. The van der Waals surface area contributed by atoms with Crippen LogP contribution in [0.1, 0.15) is 34.2 Å². The molecule has 10 heteroatoms. The number of sulfonamides is 1. The second kappa shape index (κ2) is 10.7. The van der Waals surface area contributed by atoms with Crippen LogP contribution in [-0.4, -0.2) is 74.9 Å². The van der Waals surface area contributed by atoms with Crippen LogP contribution in [0.15, 0.2) is 35.2 Å². The monoisotopic (exact) mass is 524 g/mol. The first-order valence-corrected chi connectivity index (χ1v) is 13.8. The van der Waals surface area contributed by atoms with E-state index in [1.807, 2.05) is 26.0 Å². The molecule has 2 saturated heterocycles. The first-order chi connectivity index (χ1) is 17.6. The van der Waals surface area contributed by atoms with Gasteiger partial charge >= 0.3 is 0 Å². The van der Waals surface area contributed by atoms with E-state index < -0.39 is 27.9 Å². The van der Waals surface area contributed by atoms with Crippen molar-refractivity contribution >= 4 is 27.5 Å². The third-order valence-electron chi connectivity index (χ3n) is 7.33. The number of benzene rings is 2. The third kappa shape index (κ3) is 5.18. The van der Waals surface area contributed by atoms with Gasteiger partial charge in [0, 0.05) is 26.2 Å². The highest BCUT2D eigenvalue weighted by molar-refractivity contribution is 7.89. The summed E-state index contributed by atoms with van der Waals surface area (Å²) in [6.45, 7) is 10.3. The average molecular weight is 525 g/mol. The van der Waals surface area contributed by atoms with E-state index in [4.69, 9.17) is 10.00 Å². The minimum Gasteiger partial charge on any atom is -0.379 e. The number of aryl methyl sites for hydroxylation is 2. The van der Waals surface area contributed by atoms with Gasteiger partial charge in [0.05, 0.1) is 41.9 Å². The molecule has 4 rings (SSSR count). The molecule has 2 aromatic carbocycles. The maximum absolute atomic E-state index is 14.3. The summed E-state index contributed by atoms with van der Waals surface area (Å²) in [5.41, 5.74) is 3.70. The van der Waals surface area contributed by atoms with Gasteiger partial charge in [-0.1, -0.05) is 6.07 Å². The van der Waals surface area contributed by atoms with Crippen molar-refractivity contribution in [1.29, 1.82) is 5.26 Å².